The van der Waals surface area contributed by atoms with Gasteiger partial charge in [-0.05, 0) is 17.7 Å². The fourth-order valence-corrected chi connectivity index (χ4v) is 1.81. The lowest BCUT2D eigenvalue weighted by Gasteiger charge is -2.33. The van der Waals surface area contributed by atoms with Gasteiger partial charge in [0.05, 0.1) is 6.54 Å². The van der Waals surface area contributed by atoms with Gasteiger partial charge in [0, 0.05) is 25.5 Å². The lowest BCUT2D eigenvalue weighted by molar-refractivity contribution is -0.152. The predicted octanol–water partition coefficient (Wildman–Crippen LogP) is -0.533. The van der Waals surface area contributed by atoms with Gasteiger partial charge in [-0.3, -0.25) is 9.78 Å². The number of nitrogens with one attached hydrogen (secondary N) is 1. The number of pyridine rings is 1. The highest BCUT2D eigenvalue weighted by atomic mass is 16.4. The molecule has 0 radical (unpaired) electrons. The summed E-state index contributed by atoms with van der Waals surface area (Å²) in [7, 11) is 0. The highest BCUT2D eigenvalue weighted by molar-refractivity contribution is 5.86. The number of amides is 1. The third-order valence-electron chi connectivity index (χ3n) is 2.70. The zero-order valence-electron chi connectivity index (χ0n) is 9.17. The van der Waals surface area contributed by atoms with Crippen LogP contribution in [0.4, 0.5) is 0 Å². The van der Waals surface area contributed by atoms with Gasteiger partial charge in [0.25, 0.3) is 0 Å². The molecule has 1 aliphatic rings. The first-order valence-electron chi connectivity index (χ1n) is 5.30. The number of aromatic nitrogens is 1. The third kappa shape index (κ3) is 2.59. The largest absolute Gasteiger partial charge is 0.480 e. The molecule has 6 heteroatoms. The molecule has 1 aromatic heterocycles. The molecule has 1 amide bonds. The number of carboxylic acid groups (broad SMARTS) is 1. The van der Waals surface area contributed by atoms with E-state index in [1.807, 2.05) is 0 Å². The van der Waals surface area contributed by atoms with E-state index in [-0.39, 0.29) is 19.0 Å². The van der Waals surface area contributed by atoms with E-state index in [1.165, 1.54) is 4.90 Å². The number of rotatable bonds is 3. The van der Waals surface area contributed by atoms with Crippen molar-refractivity contribution in [3.05, 3.63) is 30.1 Å². The minimum Gasteiger partial charge on any atom is -0.480 e. The van der Waals surface area contributed by atoms with Crippen LogP contribution < -0.4 is 5.32 Å². The topological polar surface area (TPSA) is 82.5 Å². The smallest absolute Gasteiger partial charge is 0.327 e. The number of hydrogen-bond acceptors (Lipinski definition) is 4. The summed E-state index contributed by atoms with van der Waals surface area (Å²) in [5.74, 6) is -1.18. The van der Waals surface area contributed by atoms with Crippen LogP contribution >= 0.6 is 0 Å². The number of carboxylic acids is 1. The molecule has 1 atom stereocenters. The molecule has 1 aliphatic heterocycles. The molecule has 1 unspecified atom stereocenters. The molecule has 2 heterocycles. The van der Waals surface area contributed by atoms with Crippen LogP contribution in [0.3, 0.4) is 0 Å². The maximum Gasteiger partial charge on any atom is 0.327 e. The first-order chi connectivity index (χ1) is 8.18. The Labute approximate surface area is 98.3 Å². The second-order valence-corrected chi connectivity index (χ2v) is 3.86. The zero-order chi connectivity index (χ0) is 12.3. The normalized spacial score (nSPS) is 20.4. The van der Waals surface area contributed by atoms with Crippen molar-refractivity contribution < 1.29 is 14.7 Å². The van der Waals surface area contributed by atoms with Crippen LogP contribution in [-0.2, 0) is 16.1 Å². The van der Waals surface area contributed by atoms with Gasteiger partial charge in [0.15, 0.2) is 0 Å². The Kier molecular flexibility index (Phi) is 3.34. The van der Waals surface area contributed by atoms with E-state index >= 15 is 0 Å². The van der Waals surface area contributed by atoms with E-state index in [9.17, 15) is 9.59 Å². The van der Waals surface area contributed by atoms with Gasteiger partial charge in [0.2, 0.25) is 5.91 Å². The number of carbonyl (C=O) groups excluding carboxylic acids is 1. The van der Waals surface area contributed by atoms with Crippen molar-refractivity contribution in [2.75, 3.05) is 13.1 Å². The van der Waals surface area contributed by atoms with Gasteiger partial charge >= 0.3 is 5.97 Å². The summed E-state index contributed by atoms with van der Waals surface area (Å²) < 4.78 is 0. The third-order valence-corrected chi connectivity index (χ3v) is 2.70. The Morgan fingerprint density at radius 1 is 1.53 bits per heavy atom. The van der Waals surface area contributed by atoms with Crippen LogP contribution in [0.1, 0.15) is 5.56 Å². The molecule has 1 aromatic rings. The maximum atomic E-state index is 11.7. The Hall–Kier alpha value is -1.95. The number of carbonyl (C=O) groups is 2. The van der Waals surface area contributed by atoms with Crippen LogP contribution in [0.25, 0.3) is 0 Å². The van der Waals surface area contributed by atoms with Crippen LogP contribution in [0.15, 0.2) is 24.5 Å². The molecular formula is C11H13N3O3. The SMILES string of the molecule is O=C(O)C1CNCC(=O)N1Cc1ccncc1. The summed E-state index contributed by atoms with van der Waals surface area (Å²) in [5.41, 5.74) is 0.876. The molecule has 0 saturated carbocycles. The second-order valence-electron chi connectivity index (χ2n) is 3.86. The van der Waals surface area contributed by atoms with Crippen molar-refractivity contribution in [3.63, 3.8) is 0 Å². The number of hydrogen-bond donors (Lipinski definition) is 2. The van der Waals surface area contributed by atoms with Gasteiger partial charge in [-0.2, -0.15) is 0 Å². The average Bonchev–Trinajstić information content (AvgIpc) is 2.33. The Balaban J connectivity index is 2.15. The van der Waals surface area contributed by atoms with Crippen molar-refractivity contribution in [2.24, 2.45) is 0 Å². The second kappa shape index (κ2) is 4.92. The van der Waals surface area contributed by atoms with Crippen molar-refractivity contribution in [1.29, 1.82) is 0 Å². The minimum absolute atomic E-state index is 0.189. The van der Waals surface area contributed by atoms with Crippen molar-refractivity contribution in [3.8, 4) is 0 Å². The van der Waals surface area contributed by atoms with E-state index in [2.05, 4.69) is 10.3 Å². The van der Waals surface area contributed by atoms with E-state index < -0.39 is 12.0 Å². The number of piperazine rings is 1. The van der Waals surface area contributed by atoms with E-state index in [0.717, 1.165) is 5.56 Å². The first-order valence-corrected chi connectivity index (χ1v) is 5.30. The van der Waals surface area contributed by atoms with E-state index in [0.29, 0.717) is 6.54 Å². The fourth-order valence-electron chi connectivity index (χ4n) is 1.81. The molecule has 0 aliphatic carbocycles. The molecule has 0 bridgehead atoms. The Morgan fingerprint density at radius 3 is 2.88 bits per heavy atom. The van der Waals surface area contributed by atoms with Crippen molar-refractivity contribution in [1.82, 2.24) is 15.2 Å². The van der Waals surface area contributed by atoms with Crippen molar-refractivity contribution >= 4 is 11.9 Å². The predicted molar refractivity (Wildman–Crippen MR) is 59.1 cm³/mol. The minimum atomic E-state index is -0.986. The summed E-state index contributed by atoms with van der Waals surface area (Å²) in [6, 6.07) is 2.74. The van der Waals surface area contributed by atoms with Crippen LogP contribution in [0.2, 0.25) is 0 Å². The van der Waals surface area contributed by atoms with Crippen molar-refractivity contribution in [2.45, 2.75) is 12.6 Å². The standard InChI is InChI=1S/C11H13N3O3/c15-10-6-13-5-9(11(16)17)14(10)7-8-1-3-12-4-2-8/h1-4,9,13H,5-7H2,(H,16,17). The summed E-state index contributed by atoms with van der Waals surface area (Å²) in [6.07, 6.45) is 3.25. The molecule has 17 heavy (non-hydrogen) atoms. The maximum absolute atomic E-state index is 11.7. The van der Waals surface area contributed by atoms with E-state index in [4.69, 9.17) is 5.11 Å². The first kappa shape index (κ1) is 11.5. The van der Waals surface area contributed by atoms with E-state index in [1.54, 1.807) is 24.5 Å². The van der Waals surface area contributed by atoms with Crippen LogP contribution in [0.5, 0.6) is 0 Å². The summed E-state index contributed by atoms with van der Waals surface area (Å²) in [5, 5.41) is 11.9. The molecular weight excluding hydrogens is 222 g/mol. The van der Waals surface area contributed by atoms with Gasteiger partial charge in [-0.1, -0.05) is 0 Å². The summed E-state index contributed by atoms with van der Waals surface area (Å²) in [4.78, 5) is 28.0. The number of aliphatic carboxylic acids is 1. The highest BCUT2D eigenvalue weighted by Gasteiger charge is 2.32. The van der Waals surface area contributed by atoms with Gasteiger partial charge in [-0.15, -0.1) is 0 Å². The van der Waals surface area contributed by atoms with Crippen LogP contribution in [-0.4, -0.2) is 46.0 Å². The zero-order valence-corrected chi connectivity index (χ0v) is 9.17. The quantitative estimate of drug-likeness (QED) is 0.735. The summed E-state index contributed by atoms with van der Waals surface area (Å²) >= 11 is 0. The average molecular weight is 235 g/mol. The lowest BCUT2D eigenvalue weighted by Crippen LogP contribution is -2.57. The van der Waals surface area contributed by atoms with Gasteiger partial charge < -0.3 is 15.3 Å². The molecule has 1 fully saturated rings. The van der Waals surface area contributed by atoms with Crippen LogP contribution in [0, 0.1) is 0 Å². The molecule has 2 rings (SSSR count). The Morgan fingerprint density at radius 2 is 2.24 bits per heavy atom. The molecule has 6 nitrogen and oxygen atoms in total. The molecule has 0 spiro atoms. The number of nitrogens with zero attached hydrogens (tertiary/aromatic N) is 2. The molecule has 2 N–H and O–H groups in total. The highest BCUT2D eigenvalue weighted by Crippen LogP contribution is 2.10. The molecule has 1 saturated heterocycles. The van der Waals surface area contributed by atoms with Gasteiger partial charge in [0.1, 0.15) is 6.04 Å². The van der Waals surface area contributed by atoms with Gasteiger partial charge in [-0.25, -0.2) is 4.79 Å². The molecule has 90 valence electrons. The molecule has 0 aromatic carbocycles. The fraction of sp³-hybridized carbons (Fsp3) is 0.364. The summed E-state index contributed by atoms with van der Waals surface area (Å²) in [6.45, 7) is 0.779. The monoisotopic (exact) mass is 235 g/mol. The lowest BCUT2D eigenvalue weighted by atomic mass is 10.1. The Bertz CT molecular complexity index is 421.